The summed E-state index contributed by atoms with van der Waals surface area (Å²) in [6, 6.07) is 4.73. The van der Waals surface area contributed by atoms with E-state index in [0.717, 1.165) is 6.54 Å². The highest BCUT2D eigenvalue weighted by molar-refractivity contribution is 6.31. The zero-order chi connectivity index (χ0) is 12.4. The first kappa shape index (κ1) is 15.2. The maximum atomic E-state index is 13.7. The van der Waals surface area contributed by atoms with Crippen LogP contribution >= 0.6 is 24.0 Å². The molecule has 6 heteroatoms. The van der Waals surface area contributed by atoms with E-state index in [0.29, 0.717) is 13.1 Å². The smallest absolute Gasteiger partial charge is 0.256 e. The molecule has 3 nitrogen and oxygen atoms in total. The number of carbonyl (C=O) groups is 1. The number of nitrogens with one attached hydrogen (secondary N) is 1. The number of nitrogens with zero attached hydrogens (tertiary/aromatic N) is 1. The second-order valence-electron chi connectivity index (χ2n) is 4.21. The molecule has 0 aromatic heterocycles. The van der Waals surface area contributed by atoms with E-state index < -0.39 is 5.82 Å². The highest BCUT2D eigenvalue weighted by atomic mass is 35.5. The molecule has 1 aliphatic heterocycles. The first-order valence-corrected chi connectivity index (χ1v) is 5.94. The van der Waals surface area contributed by atoms with E-state index in [-0.39, 0.29) is 34.9 Å². The lowest BCUT2D eigenvalue weighted by Crippen LogP contribution is -2.51. The zero-order valence-corrected chi connectivity index (χ0v) is 11.5. The zero-order valence-electron chi connectivity index (χ0n) is 9.95. The van der Waals surface area contributed by atoms with Gasteiger partial charge in [0.2, 0.25) is 0 Å². The lowest BCUT2D eigenvalue weighted by molar-refractivity contribution is 0.0704. The fraction of sp³-hybridized carbons (Fsp3) is 0.417. The Bertz CT molecular complexity index is 442. The second kappa shape index (κ2) is 6.36. The van der Waals surface area contributed by atoms with Gasteiger partial charge in [0.05, 0.1) is 10.6 Å². The van der Waals surface area contributed by atoms with Gasteiger partial charge in [-0.1, -0.05) is 17.7 Å². The monoisotopic (exact) mass is 292 g/mol. The molecule has 1 aromatic carbocycles. The van der Waals surface area contributed by atoms with Crippen LogP contribution in [-0.2, 0) is 0 Å². The van der Waals surface area contributed by atoms with Crippen molar-refractivity contribution in [2.45, 2.75) is 13.0 Å². The summed E-state index contributed by atoms with van der Waals surface area (Å²) < 4.78 is 13.7. The largest absolute Gasteiger partial charge is 0.336 e. The van der Waals surface area contributed by atoms with Crippen molar-refractivity contribution < 1.29 is 9.18 Å². The Morgan fingerprint density at radius 2 is 2.28 bits per heavy atom. The van der Waals surface area contributed by atoms with Crippen molar-refractivity contribution in [2.24, 2.45) is 0 Å². The third-order valence-corrected chi connectivity index (χ3v) is 3.13. The van der Waals surface area contributed by atoms with Crippen LogP contribution < -0.4 is 5.32 Å². The van der Waals surface area contributed by atoms with Crippen LogP contribution in [0.15, 0.2) is 18.2 Å². The lowest BCUT2D eigenvalue weighted by Gasteiger charge is -2.32. The summed E-state index contributed by atoms with van der Waals surface area (Å²) in [5.41, 5.74) is 0.0478. The Morgan fingerprint density at radius 3 is 2.94 bits per heavy atom. The van der Waals surface area contributed by atoms with Gasteiger partial charge in [-0.3, -0.25) is 4.79 Å². The molecule has 0 bridgehead atoms. The van der Waals surface area contributed by atoms with Gasteiger partial charge in [-0.15, -0.1) is 12.4 Å². The molecule has 1 saturated heterocycles. The summed E-state index contributed by atoms with van der Waals surface area (Å²) in [6.07, 6.45) is 0. The summed E-state index contributed by atoms with van der Waals surface area (Å²) in [7, 11) is 0. The molecule has 0 saturated carbocycles. The van der Waals surface area contributed by atoms with Gasteiger partial charge in [0, 0.05) is 25.7 Å². The molecule has 1 atom stereocenters. The number of halogens is 3. The number of hydrogen-bond acceptors (Lipinski definition) is 2. The Balaban J connectivity index is 0.00000162. The number of benzene rings is 1. The summed E-state index contributed by atoms with van der Waals surface area (Å²) in [5, 5.41) is 3.22. The molecule has 1 fully saturated rings. The van der Waals surface area contributed by atoms with Gasteiger partial charge in [-0.05, 0) is 19.1 Å². The number of amides is 1. The number of carbonyl (C=O) groups excluding carboxylic acids is 1. The molecule has 1 unspecified atom stereocenters. The minimum absolute atomic E-state index is 0. The van der Waals surface area contributed by atoms with Gasteiger partial charge in [0.1, 0.15) is 0 Å². The third kappa shape index (κ3) is 3.13. The molecular weight excluding hydrogens is 278 g/mol. The number of piperazine rings is 1. The van der Waals surface area contributed by atoms with E-state index >= 15 is 0 Å². The maximum Gasteiger partial charge on any atom is 0.256 e. The van der Waals surface area contributed by atoms with Crippen LogP contribution in [0.1, 0.15) is 17.3 Å². The van der Waals surface area contributed by atoms with Crippen LogP contribution in [0, 0.1) is 5.82 Å². The highest BCUT2D eigenvalue weighted by Crippen LogP contribution is 2.19. The van der Waals surface area contributed by atoms with E-state index in [1.165, 1.54) is 12.1 Å². The van der Waals surface area contributed by atoms with Gasteiger partial charge in [0.25, 0.3) is 5.91 Å². The van der Waals surface area contributed by atoms with Crippen LogP contribution in [0.4, 0.5) is 4.39 Å². The second-order valence-corrected chi connectivity index (χ2v) is 4.61. The van der Waals surface area contributed by atoms with Crippen molar-refractivity contribution >= 4 is 29.9 Å². The molecule has 100 valence electrons. The van der Waals surface area contributed by atoms with Crippen molar-refractivity contribution in [2.75, 3.05) is 19.6 Å². The average molecular weight is 293 g/mol. The van der Waals surface area contributed by atoms with Crippen LogP contribution in [0.25, 0.3) is 0 Å². The van der Waals surface area contributed by atoms with E-state index in [9.17, 15) is 9.18 Å². The van der Waals surface area contributed by atoms with Gasteiger partial charge in [0.15, 0.2) is 5.82 Å². The predicted octanol–water partition coefficient (Wildman–Crippen LogP) is 2.33. The van der Waals surface area contributed by atoms with Crippen molar-refractivity contribution in [3.8, 4) is 0 Å². The molecule has 2 rings (SSSR count). The SMILES string of the molecule is CC1CN(C(=O)c2cccc(Cl)c2F)CCN1.Cl. The molecule has 0 radical (unpaired) electrons. The third-order valence-electron chi connectivity index (χ3n) is 2.84. The summed E-state index contributed by atoms with van der Waals surface area (Å²) in [4.78, 5) is 13.8. The summed E-state index contributed by atoms with van der Waals surface area (Å²) >= 11 is 5.67. The lowest BCUT2D eigenvalue weighted by atomic mass is 10.1. The maximum absolute atomic E-state index is 13.7. The van der Waals surface area contributed by atoms with Crippen molar-refractivity contribution in [3.05, 3.63) is 34.6 Å². The first-order chi connectivity index (χ1) is 8.09. The molecule has 0 aliphatic carbocycles. The number of hydrogen-bond donors (Lipinski definition) is 1. The predicted molar refractivity (Wildman–Crippen MR) is 72.0 cm³/mol. The first-order valence-electron chi connectivity index (χ1n) is 5.56. The van der Waals surface area contributed by atoms with E-state index in [1.807, 2.05) is 6.92 Å². The molecule has 1 aromatic rings. The molecule has 1 heterocycles. The summed E-state index contributed by atoms with van der Waals surface area (Å²) in [6.45, 7) is 3.91. The normalized spacial score (nSPS) is 19.3. The molecular formula is C12H15Cl2FN2O. The average Bonchev–Trinajstić information content (AvgIpc) is 2.32. The van der Waals surface area contributed by atoms with Crippen molar-refractivity contribution in [1.29, 1.82) is 0 Å². The quantitative estimate of drug-likeness (QED) is 0.862. The van der Waals surface area contributed by atoms with E-state index in [2.05, 4.69) is 5.32 Å². The standard InChI is InChI=1S/C12H14ClFN2O.ClH/c1-8-7-16(6-5-15-8)12(17)9-3-2-4-10(13)11(9)14;/h2-4,8,15H,5-7H2,1H3;1H. The Morgan fingerprint density at radius 1 is 1.56 bits per heavy atom. The van der Waals surface area contributed by atoms with Crippen LogP contribution in [0.2, 0.25) is 5.02 Å². The van der Waals surface area contributed by atoms with E-state index in [4.69, 9.17) is 11.6 Å². The Labute approximate surface area is 117 Å². The Hall–Kier alpha value is -0.840. The number of rotatable bonds is 1. The molecule has 1 N–H and O–H groups in total. The van der Waals surface area contributed by atoms with Crippen LogP contribution in [0.5, 0.6) is 0 Å². The van der Waals surface area contributed by atoms with Gasteiger partial charge < -0.3 is 10.2 Å². The highest BCUT2D eigenvalue weighted by Gasteiger charge is 2.24. The van der Waals surface area contributed by atoms with Crippen LogP contribution in [-0.4, -0.2) is 36.5 Å². The molecule has 1 aliphatic rings. The fourth-order valence-electron chi connectivity index (χ4n) is 1.96. The molecule has 0 spiro atoms. The minimum Gasteiger partial charge on any atom is -0.336 e. The van der Waals surface area contributed by atoms with Crippen LogP contribution in [0.3, 0.4) is 0 Å². The minimum atomic E-state index is -0.634. The van der Waals surface area contributed by atoms with Gasteiger partial charge >= 0.3 is 0 Å². The van der Waals surface area contributed by atoms with Gasteiger partial charge in [-0.25, -0.2) is 4.39 Å². The van der Waals surface area contributed by atoms with Gasteiger partial charge in [-0.2, -0.15) is 0 Å². The van der Waals surface area contributed by atoms with Crippen molar-refractivity contribution in [3.63, 3.8) is 0 Å². The summed E-state index contributed by atoms with van der Waals surface area (Å²) in [5.74, 6) is -0.927. The molecule has 18 heavy (non-hydrogen) atoms. The topological polar surface area (TPSA) is 32.3 Å². The van der Waals surface area contributed by atoms with E-state index in [1.54, 1.807) is 11.0 Å². The Kier molecular flexibility index (Phi) is 5.38. The van der Waals surface area contributed by atoms with Crippen molar-refractivity contribution in [1.82, 2.24) is 10.2 Å². The fourth-order valence-corrected chi connectivity index (χ4v) is 2.13. The molecule has 1 amide bonds.